The highest BCUT2D eigenvalue weighted by Gasteiger charge is 2.50. The van der Waals surface area contributed by atoms with E-state index in [9.17, 15) is 4.21 Å². The molecule has 0 aliphatic rings. The monoisotopic (exact) mass is 586 g/mol. The first kappa shape index (κ1) is 31.2. The molecule has 3 aromatic rings. The van der Waals surface area contributed by atoms with Gasteiger partial charge in [0.1, 0.15) is 11.0 Å². The van der Waals surface area contributed by atoms with Gasteiger partial charge in [-0.1, -0.05) is 93.0 Å². The highest BCUT2D eigenvalue weighted by atomic mass is 35.5. The Balaban J connectivity index is 2.08. The summed E-state index contributed by atoms with van der Waals surface area (Å²) in [5.41, 5.74) is 1.20. The standard InChI is InChI=1S/C30H39ClN2O4SSi/c1-29(2,3)38(34)33-26(25-18-20-32-28(31)27(25)36-22-35-7)19-21-37-39(30(4,5)6,23-14-10-8-11-15-23)24-16-12-9-13-17-24/h8-18,20H,19,21-22H2,1-7H3. The minimum absolute atomic E-state index is 0.00732. The highest BCUT2D eigenvalue weighted by Crippen LogP contribution is 2.37. The quantitative estimate of drug-likeness (QED) is 0.120. The minimum Gasteiger partial charge on any atom is -0.464 e. The second-order valence-corrected chi connectivity index (χ2v) is 17.8. The molecule has 1 heterocycles. The Morgan fingerprint density at radius 3 is 2.00 bits per heavy atom. The lowest BCUT2D eigenvalue weighted by molar-refractivity contribution is 0.0508. The Morgan fingerprint density at radius 2 is 1.51 bits per heavy atom. The number of rotatable bonds is 11. The predicted molar refractivity (Wildman–Crippen MR) is 164 cm³/mol. The van der Waals surface area contributed by atoms with Crippen LogP contribution in [0.3, 0.4) is 0 Å². The Hall–Kier alpha value is -2.36. The molecule has 1 unspecified atom stereocenters. The average molecular weight is 587 g/mol. The number of benzene rings is 2. The smallest absolute Gasteiger partial charge is 0.261 e. The highest BCUT2D eigenvalue weighted by molar-refractivity contribution is 7.85. The molecule has 0 aliphatic carbocycles. The average Bonchev–Trinajstić information content (AvgIpc) is 2.89. The molecule has 6 nitrogen and oxygen atoms in total. The summed E-state index contributed by atoms with van der Waals surface area (Å²) in [6, 6.07) is 22.7. The van der Waals surface area contributed by atoms with Crippen molar-refractivity contribution in [3.05, 3.63) is 83.6 Å². The molecule has 0 spiro atoms. The summed E-state index contributed by atoms with van der Waals surface area (Å²) in [6.45, 7) is 12.7. The topological polar surface area (TPSA) is 70.0 Å². The lowest BCUT2D eigenvalue weighted by atomic mass is 10.1. The third-order valence-electron chi connectivity index (χ3n) is 6.28. The third-order valence-corrected chi connectivity index (χ3v) is 13.0. The molecule has 0 fully saturated rings. The van der Waals surface area contributed by atoms with Gasteiger partial charge >= 0.3 is 0 Å². The molecule has 0 saturated heterocycles. The van der Waals surface area contributed by atoms with E-state index in [0.29, 0.717) is 30.1 Å². The summed E-state index contributed by atoms with van der Waals surface area (Å²) in [5, 5.41) is 2.40. The van der Waals surface area contributed by atoms with E-state index in [0.717, 1.165) is 0 Å². The summed E-state index contributed by atoms with van der Waals surface area (Å²) in [4.78, 5) is 4.16. The van der Waals surface area contributed by atoms with E-state index < -0.39 is 24.1 Å². The van der Waals surface area contributed by atoms with E-state index in [-0.39, 0.29) is 17.0 Å². The first-order valence-electron chi connectivity index (χ1n) is 12.9. The van der Waals surface area contributed by atoms with Crippen molar-refractivity contribution in [2.45, 2.75) is 57.7 Å². The largest absolute Gasteiger partial charge is 0.464 e. The molecular weight excluding hydrogens is 548 g/mol. The van der Waals surface area contributed by atoms with E-state index in [1.54, 1.807) is 12.3 Å². The van der Waals surface area contributed by atoms with Gasteiger partial charge in [0, 0.05) is 31.9 Å². The van der Waals surface area contributed by atoms with Gasteiger partial charge in [-0.05, 0) is 42.2 Å². The van der Waals surface area contributed by atoms with Gasteiger partial charge < -0.3 is 13.9 Å². The van der Waals surface area contributed by atoms with Crippen LogP contribution in [0.1, 0.15) is 53.5 Å². The van der Waals surface area contributed by atoms with Crippen LogP contribution < -0.4 is 15.1 Å². The fourth-order valence-corrected chi connectivity index (χ4v) is 9.87. The van der Waals surface area contributed by atoms with Gasteiger partial charge in [0.2, 0.25) is 0 Å². The molecule has 0 bridgehead atoms. The van der Waals surface area contributed by atoms with Gasteiger partial charge in [0.25, 0.3) is 8.32 Å². The van der Waals surface area contributed by atoms with Gasteiger partial charge in [0.05, 0.1) is 10.5 Å². The van der Waals surface area contributed by atoms with Crippen LogP contribution in [-0.2, 0) is 20.1 Å². The van der Waals surface area contributed by atoms with Crippen LogP contribution >= 0.6 is 11.6 Å². The Bertz CT molecular complexity index is 1240. The number of pyridine rings is 1. The SMILES string of the molecule is COCOc1c(C(CCO[Si](c2ccccc2)(c2ccccc2)C(C)(C)C)=NS(=O)C(C)(C)C)ccnc1Cl. The van der Waals surface area contributed by atoms with Crippen molar-refractivity contribution in [3.8, 4) is 5.75 Å². The van der Waals surface area contributed by atoms with Crippen LogP contribution in [-0.4, -0.2) is 48.5 Å². The fourth-order valence-electron chi connectivity index (χ4n) is 4.43. The molecule has 2 aromatic carbocycles. The van der Waals surface area contributed by atoms with Crippen LogP contribution in [0.2, 0.25) is 10.2 Å². The van der Waals surface area contributed by atoms with Crippen LogP contribution in [0.25, 0.3) is 0 Å². The number of aromatic nitrogens is 1. The van der Waals surface area contributed by atoms with Gasteiger partial charge in [-0.3, -0.25) is 0 Å². The van der Waals surface area contributed by atoms with E-state index in [1.807, 2.05) is 32.9 Å². The Kier molecular flexibility index (Phi) is 10.7. The maximum atomic E-state index is 13.2. The number of hydrogen-bond donors (Lipinski definition) is 0. The summed E-state index contributed by atoms with van der Waals surface area (Å²) in [6.07, 6.45) is 1.99. The predicted octanol–water partition coefficient (Wildman–Crippen LogP) is 5.94. The maximum absolute atomic E-state index is 13.2. The van der Waals surface area contributed by atoms with Crippen molar-refractivity contribution in [2.24, 2.45) is 4.40 Å². The number of halogens is 1. The van der Waals surface area contributed by atoms with Crippen molar-refractivity contribution in [2.75, 3.05) is 20.5 Å². The lowest BCUT2D eigenvalue weighted by Crippen LogP contribution is -2.66. The Morgan fingerprint density at radius 1 is 0.949 bits per heavy atom. The fraction of sp³-hybridized carbons (Fsp3) is 0.400. The number of nitrogens with zero attached hydrogens (tertiary/aromatic N) is 2. The molecule has 1 aromatic heterocycles. The van der Waals surface area contributed by atoms with Gasteiger partial charge in [0.15, 0.2) is 17.7 Å². The molecule has 0 saturated carbocycles. The maximum Gasteiger partial charge on any atom is 0.261 e. The molecule has 1 atom stereocenters. The second-order valence-electron chi connectivity index (χ2n) is 11.2. The summed E-state index contributed by atoms with van der Waals surface area (Å²) in [5.74, 6) is 0.344. The molecule has 9 heteroatoms. The van der Waals surface area contributed by atoms with Crippen LogP contribution in [0, 0.1) is 0 Å². The van der Waals surface area contributed by atoms with Gasteiger partial charge in [-0.15, -0.1) is 0 Å². The van der Waals surface area contributed by atoms with Crippen molar-refractivity contribution in [3.63, 3.8) is 0 Å². The molecule has 0 radical (unpaired) electrons. The van der Waals surface area contributed by atoms with Gasteiger partial charge in [-0.2, -0.15) is 4.40 Å². The van der Waals surface area contributed by atoms with Crippen molar-refractivity contribution < 1.29 is 18.1 Å². The Labute approximate surface area is 241 Å². The van der Waals surface area contributed by atoms with E-state index in [4.69, 9.17) is 25.5 Å². The van der Waals surface area contributed by atoms with Gasteiger partial charge in [-0.25, -0.2) is 9.19 Å². The number of hydrogen-bond acceptors (Lipinski definition) is 5. The molecular formula is C30H39ClN2O4SSi. The van der Waals surface area contributed by atoms with Crippen molar-refractivity contribution in [1.82, 2.24) is 4.98 Å². The summed E-state index contributed by atoms with van der Waals surface area (Å²) < 4.78 is 35.3. The molecule has 3 rings (SSSR count). The van der Waals surface area contributed by atoms with E-state index in [2.05, 4.69) is 78.7 Å². The zero-order chi connectivity index (χ0) is 28.7. The van der Waals surface area contributed by atoms with Crippen molar-refractivity contribution in [1.29, 1.82) is 0 Å². The number of ether oxygens (including phenoxy) is 2. The van der Waals surface area contributed by atoms with E-state index >= 15 is 0 Å². The third kappa shape index (κ3) is 7.44. The first-order valence-corrected chi connectivity index (χ1v) is 16.3. The molecule has 39 heavy (non-hydrogen) atoms. The molecule has 0 N–H and O–H groups in total. The van der Waals surface area contributed by atoms with E-state index in [1.165, 1.54) is 17.5 Å². The zero-order valence-electron chi connectivity index (χ0n) is 23.9. The molecule has 0 aliphatic heterocycles. The molecule has 210 valence electrons. The second kappa shape index (κ2) is 13.3. The van der Waals surface area contributed by atoms with Crippen LogP contribution in [0.15, 0.2) is 77.3 Å². The normalized spacial score (nSPS) is 13.8. The van der Waals surface area contributed by atoms with Crippen LogP contribution in [0.5, 0.6) is 5.75 Å². The minimum atomic E-state index is -2.76. The number of methoxy groups -OCH3 is 1. The lowest BCUT2D eigenvalue weighted by Gasteiger charge is -2.43. The first-order chi connectivity index (χ1) is 18.4. The zero-order valence-corrected chi connectivity index (χ0v) is 26.4. The summed E-state index contributed by atoms with van der Waals surface area (Å²) >= 11 is 6.42. The summed E-state index contributed by atoms with van der Waals surface area (Å²) in [7, 11) is -2.74. The molecule has 0 amide bonds. The van der Waals surface area contributed by atoms with Crippen molar-refractivity contribution >= 4 is 47.0 Å². The van der Waals surface area contributed by atoms with Crippen LogP contribution in [0.4, 0.5) is 0 Å².